The van der Waals surface area contributed by atoms with Gasteiger partial charge < -0.3 is 19.5 Å². The van der Waals surface area contributed by atoms with Crippen molar-refractivity contribution in [2.24, 2.45) is 7.05 Å². The maximum atomic E-state index is 13.0. The number of hydrogen-bond donors (Lipinski definition) is 1. The lowest BCUT2D eigenvalue weighted by molar-refractivity contribution is 0.0365. The molecule has 2 heterocycles. The van der Waals surface area contributed by atoms with Gasteiger partial charge in [-0.05, 0) is 42.2 Å². The molecule has 2 amide bonds. The predicted octanol–water partition coefficient (Wildman–Crippen LogP) is 3.90. The van der Waals surface area contributed by atoms with E-state index in [1.807, 2.05) is 36.3 Å². The molecule has 1 aliphatic rings. The predicted molar refractivity (Wildman–Crippen MR) is 117 cm³/mol. The third-order valence-corrected chi connectivity index (χ3v) is 5.53. The monoisotopic (exact) mass is 398 g/mol. The zero-order chi connectivity index (χ0) is 20.6. The van der Waals surface area contributed by atoms with Crippen LogP contribution in [0.5, 0.6) is 0 Å². The molecule has 1 fully saturated rings. The van der Waals surface area contributed by atoms with Gasteiger partial charge in [0.2, 0.25) is 0 Å². The number of carbonyl (C=O) groups is 1. The van der Waals surface area contributed by atoms with Crippen LogP contribution in [0, 0.1) is 0 Å². The smallest absolute Gasteiger partial charge is 0.322 e. The van der Waals surface area contributed by atoms with Crippen LogP contribution in [0.25, 0.3) is 0 Å². The molecule has 6 nitrogen and oxygen atoms in total. The van der Waals surface area contributed by atoms with Gasteiger partial charge >= 0.3 is 6.03 Å². The highest BCUT2D eigenvalue weighted by molar-refractivity contribution is 5.89. The lowest BCUT2D eigenvalue weighted by atomic mass is 10.0. The number of rotatable bonds is 8. The number of benzene rings is 1. The summed E-state index contributed by atoms with van der Waals surface area (Å²) >= 11 is 0. The molecule has 0 aliphatic carbocycles. The first-order valence-corrected chi connectivity index (χ1v) is 10.6. The number of morpholine rings is 1. The van der Waals surface area contributed by atoms with Gasteiger partial charge in [-0.1, -0.05) is 26.0 Å². The highest BCUT2D eigenvalue weighted by atomic mass is 16.5. The van der Waals surface area contributed by atoms with Crippen molar-refractivity contribution in [3.05, 3.63) is 53.9 Å². The van der Waals surface area contributed by atoms with Gasteiger partial charge in [0, 0.05) is 50.8 Å². The number of hydrogen-bond acceptors (Lipinski definition) is 3. The van der Waals surface area contributed by atoms with Crippen LogP contribution >= 0.6 is 0 Å². The van der Waals surface area contributed by atoms with E-state index in [-0.39, 0.29) is 6.03 Å². The van der Waals surface area contributed by atoms with E-state index in [9.17, 15) is 4.79 Å². The van der Waals surface area contributed by atoms with Crippen LogP contribution in [0.1, 0.15) is 37.4 Å². The van der Waals surface area contributed by atoms with Gasteiger partial charge in [-0.3, -0.25) is 4.90 Å². The normalized spacial score (nSPS) is 14.9. The van der Waals surface area contributed by atoms with Crippen LogP contribution in [0.3, 0.4) is 0 Å². The SMILES string of the molecule is CC(C)c1ccc(NC(=O)N(CCCN2CCOCC2)Cc2cccn2C)cc1. The molecule has 0 atom stereocenters. The fourth-order valence-corrected chi connectivity index (χ4v) is 3.57. The molecule has 29 heavy (non-hydrogen) atoms. The number of ether oxygens (including phenoxy) is 1. The van der Waals surface area contributed by atoms with Crippen molar-refractivity contribution < 1.29 is 9.53 Å². The molecule has 1 saturated heterocycles. The summed E-state index contributed by atoms with van der Waals surface area (Å²) in [6, 6.07) is 12.2. The van der Waals surface area contributed by atoms with Crippen molar-refractivity contribution in [3.63, 3.8) is 0 Å². The van der Waals surface area contributed by atoms with Crippen molar-refractivity contribution in [3.8, 4) is 0 Å². The van der Waals surface area contributed by atoms with Crippen molar-refractivity contribution in [2.45, 2.75) is 32.7 Å². The summed E-state index contributed by atoms with van der Waals surface area (Å²) in [5.41, 5.74) is 3.24. The number of nitrogens with zero attached hydrogens (tertiary/aromatic N) is 3. The average Bonchev–Trinajstić information content (AvgIpc) is 3.13. The third-order valence-electron chi connectivity index (χ3n) is 5.53. The molecule has 1 aliphatic heterocycles. The molecule has 0 radical (unpaired) electrons. The Bertz CT molecular complexity index is 763. The van der Waals surface area contributed by atoms with Crippen LogP contribution in [-0.2, 0) is 18.3 Å². The highest BCUT2D eigenvalue weighted by Gasteiger charge is 2.17. The van der Waals surface area contributed by atoms with Gasteiger partial charge in [-0.2, -0.15) is 0 Å². The minimum Gasteiger partial charge on any atom is -0.379 e. The summed E-state index contributed by atoms with van der Waals surface area (Å²) in [5.74, 6) is 0.480. The van der Waals surface area contributed by atoms with E-state index >= 15 is 0 Å². The number of aromatic nitrogens is 1. The Labute approximate surface area is 174 Å². The average molecular weight is 399 g/mol. The molecular formula is C23H34N4O2. The van der Waals surface area contributed by atoms with E-state index in [0.29, 0.717) is 12.5 Å². The van der Waals surface area contributed by atoms with Crippen molar-refractivity contribution >= 4 is 11.7 Å². The summed E-state index contributed by atoms with van der Waals surface area (Å²) in [4.78, 5) is 17.3. The Morgan fingerprint density at radius 2 is 1.90 bits per heavy atom. The number of amides is 2. The quantitative estimate of drug-likeness (QED) is 0.734. The Hall–Kier alpha value is -2.31. The first-order valence-electron chi connectivity index (χ1n) is 10.6. The maximum absolute atomic E-state index is 13.0. The maximum Gasteiger partial charge on any atom is 0.322 e. The molecule has 2 aromatic rings. The second-order valence-corrected chi connectivity index (χ2v) is 8.05. The third kappa shape index (κ3) is 6.34. The minimum atomic E-state index is -0.0505. The lowest BCUT2D eigenvalue weighted by Crippen LogP contribution is -2.40. The lowest BCUT2D eigenvalue weighted by Gasteiger charge is -2.28. The fourth-order valence-electron chi connectivity index (χ4n) is 3.57. The molecule has 3 rings (SSSR count). The summed E-state index contributed by atoms with van der Waals surface area (Å²) in [6.45, 7) is 10.2. The Balaban J connectivity index is 1.60. The molecule has 0 unspecified atom stereocenters. The zero-order valence-corrected chi connectivity index (χ0v) is 17.9. The molecule has 6 heteroatoms. The van der Waals surface area contributed by atoms with Crippen molar-refractivity contribution in [2.75, 3.05) is 44.7 Å². The van der Waals surface area contributed by atoms with E-state index in [1.54, 1.807) is 0 Å². The highest BCUT2D eigenvalue weighted by Crippen LogP contribution is 2.18. The minimum absolute atomic E-state index is 0.0505. The number of anilines is 1. The van der Waals surface area contributed by atoms with Gasteiger partial charge in [0.25, 0.3) is 0 Å². The second-order valence-electron chi connectivity index (χ2n) is 8.05. The summed E-state index contributed by atoms with van der Waals surface area (Å²) in [5, 5.41) is 3.07. The van der Waals surface area contributed by atoms with Crippen LogP contribution in [0.15, 0.2) is 42.6 Å². The summed E-state index contributed by atoms with van der Waals surface area (Å²) < 4.78 is 7.49. The summed E-state index contributed by atoms with van der Waals surface area (Å²) in [6.07, 6.45) is 2.97. The van der Waals surface area contributed by atoms with Gasteiger partial charge in [-0.25, -0.2) is 4.79 Å². The number of aryl methyl sites for hydroxylation is 1. The van der Waals surface area contributed by atoms with E-state index in [2.05, 4.69) is 46.8 Å². The van der Waals surface area contributed by atoms with Crippen LogP contribution in [-0.4, -0.2) is 59.8 Å². The zero-order valence-electron chi connectivity index (χ0n) is 17.9. The number of urea groups is 1. The molecule has 0 saturated carbocycles. The Morgan fingerprint density at radius 3 is 2.52 bits per heavy atom. The molecule has 1 N–H and O–H groups in total. The van der Waals surface area contributed by atoms with Crippen molar-refractivity contribution in [1.82, 2.24) is 14.4 Å². The summed E-state index contributed by atoms with van der Waals surface area (Å²) in [7, 11) is 2.02. The van der Waals surface area contributed by atoms with Gasteiger partial charge in [-0.15, -0.1) is 0 Å². The van der Waals surface area contributed by atoms with Crippen molar-refractivity contribution in [1.29, 1.82) is 0 Å². The molecule has 1 aromatic heterocycles. The van der Waals surface area contributed by atoms with Crippen LogP contribution in [0.4, 0.5) is 10.5 Å². The number of carbonyl (C=O) groups excluding carboxylic acids is 1. The molecule has 158 valence electrons. The van der Waals surface area contributed by atoms with E-state index in [0.717, 1.165) is 57.2 Å². The number of nitrogens with one attached hydrogen (secondary N) is 1. The largest absolute Gasteiger partial charge is 0.379 e. The van der Waals surface area contributed by atoms with E-state index in [4.69, 9.17) is 4.74 Å². The molecule has 1 aromatic carbocycles. The standard InChI is InChI=1S/C23H34N4O2/c1-19(2)20-7-9-21(10-8-20)24-23(28)27(18-22-6-4-11-25(22)3)13-5-12-26-14-16-29-17-15-26/h4,6-11,19H,5,12-18H2,1-3H3,(H,24,28). The Kier molecular flexibility index (Phi) is 7.72. The first-order chi connectivity index (χ1) is 14.0. The first kappa shape index (κ1) is 21.4. The van der Waals surface area contributed by atoms with Gasteiger partial charge in [0.05, 0.1) is 19.8 Å². The molecule has 0 bridgehead atoms. The molecule has 0 spiro atoms. The van der Waals surface area contributed by atoms with Gasteiger partial charge in [0.15, 0.2) is 0 Å². The topological polar surface area (TPSA) is 49.7 Å². The second kappa shape index (κ2) is 10.5. The van der Waals surface area contributed by atoms with E-state index in [1.165, 1.54) is 5.56 Å². The van der Waals surface area contributed by atoms with Gasteiger partial charge in [0.1, 0.15) is 0 Å². The van der Waals surface area contributed by atoms with Crippen LogP contribution < -0.4 is 5.32 Å². The molecular weight excluding hydrogens is 364 g/mol. The fraction of sp³-hybridized carbons (Fsp3) is 0.522. The van der Waals surface area contributed by atoms with Crippen LogP contribution in [0.2, 0.25) is 0 Å². The van der Waals surface area contributed by atoms with E-state index < -0.39 is 0 Å². The Morgan fingerprint density at radius 1 is 1.17 bits per heavy atom.